The number of alkyl carbamates (subject to hydrolysis) is 1. The second kappa shape index (κ2) is 16.5. The number of nitrogens with zero attached hydrogens (tertiary/aromatic N) is 1. The van der Waals surface area contributed by atoms with Crippen LogP contribution in [0.1, 0.15) is 65.5 Å². The third-order valence-corrected chi connectivity index (χ3v) is 13.0. The molecule has 51 heavy (non-hydrogen) atoms. The Morgan fingerprint density at radius 1 is 0.902 bits per heavy atom. The SMILES string of the molecule is COC[C@@H](NC(=O)OC(C)(C)C)[C@H]1OC(C)(C)O[C@H]1C(=O)NCC[C@@H](C)c1nc(C[P+](c2ccccc2)(c2ccccc2)c2ccccc2)co1. The molecule has 0 aliphatic carbocycles. The lowest BCUT2D eigenvalue weighted by Gasteiger charge is -2.28. The normalized spacial score (nSPS) is 18.5. The second-order valence-electron chi connectivity index (χ2n) is 14.4. The summed E-state index contributed by atoms with van der Waals surface area (Å²) in [6, 6.07) is 31.4. The Balaban J connectivity index is 1.28. The van der Waals surface area contributed by atoms with Gasteiger partial charge in [-0.1, -0.05) is 61.5 Å². The van der Waals surface area contributed by atoms with Crippen molar-refractivity contribution >= 4 is 35.2 Å². The van der Waals surface area contributed by atoms with E-state index in [2.05, 4.69) is 102 Å². The van der Waals surface area contributed by atoms with E-state index in [0.29, 0.717) is 25.0 Å². The fourth-order valence-electron chi connectivity index (χ4n) is 6.41. The molecule has 1 saturated heterocycles. The van der Waals surface area contributed by atoms with Crippen LogP contribution >= 0.6 is 7.26 Å². The van der Waals surface area contributed by atoms with Crippen molar-refractivity contribution in [3.8, 4) is 0 Å². The van der Waals surface area contributed by atoms with E-state index in [0.717, 1.165) is 5.69 Å². The summed E-state index contributed by atoms with van der Waals surface area (Å²) in [5, 5.41) is 9.62. The standard InChI is InChI=1S/C40H50N3O7P/c1-28(23-24-41-36(44)35-34(48-40(5,6)49-35)33(26-46-7)43-38(45)50-39(2,3)4)37-42-29(25-47-37)27-51(30-17-11-8-12-18-30,31-19-13-9-14-20-31)32-21-15-10-16-22-32/h8-22,25,28,33-35H,23-24,26-27H2,1-7H3,(H-,41,43,44,45)/p+1/t28-,33-,34-,35-/m1/s1. The van der Waals surface area contributed by atoms with Gasteiger partial charge in [-0.3, -0.25) is 4.79 Å². The van der Waals surface area contributed by atoms with E-state index in [1.807, 2.05) is 6.92 Å². The molecule has 1 aliphatic heterocycles. The van der Waals surface area contributed by atoms with Crippen molar-refractivity contribution in [3.05, 3.63) is 109 Å². The Morgan fingerprint density at radius 3 is 1.96 bits per heavy atom. The van der Waals surface area contributed by atoms with Gasteiger partial charge in [0, 0.05) is 19.6 Å². The van der Waals surface area contributed by atoms with E-state index < -0.39 is 43.0 Å². The number of aromatic nitrogens is 1. The molecule has 2 heterocycles. The second-order valence-corrected chi connectivity index (χ2v) is 17.8. The van der Waals surface area contributed by atoms with Crippen LogP contribution in [0.4, 0.5) is 4.79 Å². The van der Waals surface area contributed by atoms with E-state index in [-0.39, 0.29) is 18.4 Å². The number of carbonyl (C=O) groups is 2. The third kappa shape index (κ3) is 9.63. The van der Waals surface area contributed by atoms with Crippen LogP contribution in [-0.2, 0) is 29.9 Å². The van der Waals surface area contributed by atoms with Crippen molar-refractivity contribution in [2.24, 2.45) is 0 Å². The number of oxazole rings is 1. The van der Waals surface area contributed by atoms with Gasteiger partial charge in [0.1, 0.15) is 53.0 Å². The number of carbonyl (C=O) groups excluding carboxylic acids is 2. The number of ether oxygens (including phenoxy) is 4. The molecule has 0 unspecified atom stereocenters. The quantitative estimate of drug-likeness (QED) is 0.156. The van der Waals surface area contributed by atoms with Crippen molar-refractivity contribution in [1.82, 2.24) is 15.6 Å². The van der Waals surface area contributed by atoms with Gasteiger partial charge < -0.3 is 34.0 Å². The number of methoxy groups -OCH3 is 1. The summed E-state index contributed by atoms with van der Waals surface area (Å²) in [6.07, 6.45) is 0.645. The molecule has 272 valence electrons. The summed E-state index contributed by atoms with van der Waals surface area (Å²) in [5.41, 5.74) is 0.190. The molecule has 1 fully saturated rings. The van der Waals surface area contributed by atoms with Gasteiger partial charge in [0.05, 0.1) is 12.6 Å². The van der Waals surface area contributed by atoms with Gasteiger partial charge in [-0.25, -0.2) is 9.78 Å². The first-order chi connectivity index (χ1) is 24.3. The molecular formula is C40H51N3O7P+. The van der Waals surface area contributed by atoms with Crippen LogP contribution in [-0.4, -0.2) is 66.9 Å². The average molecular weight is 717 g/mol. The molecule has 2 amide bonds. The summed E-state index contributed by atoms with van der Waals surface area (Å²) in [5.74, 6) is -0.846. The summed E-state index contributed by atoms with van der Waals surface area (Å²) in [7, 11) is -0.621. The Labute approximate surface area is 302 Å². The Bertz CT molecular complexity index is 1610. The van der Waals surface area contributed by atoms with E-state index in [1.165, 1.54) is 23.0 Å². The molecule has 0 radical (unpaired) electrons. The zero-order chi connectivity index (χ0) is 36.6. The van der Waals surface area contributed by atoms with Crippen molar-refractivity contribution in [2.45, 2.75) is 89.7 Å². The number of hydrogen-bond donors (Lipinski definition) is 2. The first-order valence-electron chi connectivity index (χ1n) is 17.4. The van der Waals surface area contributed by atoms with Gasteiger partial charge in [0.15, 0.2) is 17.8 Å². The first kappa shape index (κ1) is 38.2. The predicted octanol–water partition coefficient (Wildman–Crippen LogP) is 5.84. The maximum atomic E-state index is 13.5. The predicted molar refractivity (Wildman–Crippen MR) is 200 cm³/mol. The molecule has 5 rings (SSSR count). The van der Waals surface area contributed by atoms with Gasteiger partial charge in [0.2, 0.25) is 0 Å². The minimum Gasteiger partial charge on any atom is -0.448 e. The molecule has 0 saturated carbocycles. The van der Waals surface area contributed by atoms with Crippen LogP contribution in [0.5, 0.6) is 0 Å². The highest BCUT2D eigenvalue weighted by Gasteiger charge is 2.50. The lowest BCUT2D eigenvalue weighted by atomic mass is 10.0. The lowest BCUT2D eigenvalue weighted by molar-refractivity contribution is -0.157. The Kier molecular flexibility index (Phi) is 12.4. The molecule has 4 aromatic rings. The third-order valence-electron chi connectivity index (χ3n) is 8.69. The van der Waals surface area contributed by atoms with Crippen LogP contribution < -0.4 is 26.5 Å². The van der Waals surface area contributed by atoms with Crippen molar-refractivity contribution < 1.29 is 33.0 Å². The number of hydrogen-bond acceptors (Lipinski definition) is 8. The molecule has 0 bridgehead atoms. The van der Waals surface area contributed by atoms with Gasteiger partial charge >= 0.3 is 6.09 Å². The number of nitrogens with one attached hydrogen (secondary N) is 2. The Hall–Kier alpha value is -4.08. The zero-order valence-electron chi connectivity index (χ0n) is 30.6. The van der Waals surface area contributed by atoms with Crippen LogP contribution in [0.15, 0.2) is 102 Å². The fraction of sp³-hybridized carbons (Fsp3) is 0.425. The topological polar surface area (TPSA) is 121 Å². The van der Waals surface area contributed by atoms with Crippen molar-refractivity contribution in [3.63, 3.8) is 0 Å². The average Bonchev–Trinajstić information content (AvgIpc) is 3.71. The molecule has 0 spiro atoms. The van der Waals surface area contributed by atoms with Gasteiger partial charge in [-0.15, -0.1) is 0 Å². The van der Waals surface area contributed by atoms with Crippen LogP contribution in [0.2, 0.25) is 0 Å². The maximum absolute atomic E-state index is 13.5. The Morgan fingerprint density at radius 2 is 1.45 bits per heavy atom. The van der Waals surface area contributed by atoms with Gasteiger partial charge in [-0.05, 0) is 77.4 Å². The molecule has 10 nitrogen and oxygen atoms in total. The largest absolute Gasteiger partial charge is 0.448 e. The summed E-state index contributed by atoms with van der Waals surface area (Å²) in [6.45, 7) is 11.3. The summed E-state index contributed by atoms with van der Waals surface area (Å²) in [4.78, 5) is 31.1. The van der Waals surface area contributed by atoms with Crippen LogP contribution in [0.25, 0.3) is 0 Å². The number of rotatable bonds is 14. The monoisotopic (exact) mass is 716 g/mol. The highest BCUT2D eigenvalue weighted by molar-refractivity contribution is 7.95. The fourth-order valence-corrected chi connectivity index (χ4v) is 10.5. The van der Waals surface area contributed by atoms with E-state index >= 15 is 0 Å². The molecule has 4 atom stereocenters. The van der Waals surface area contributed by atoms with Crippen LogP contribution in [0, 0.1) is 0 Å². The van der Waals surface area contributed by atoms with Gasteiger partial charge in [0.25, 0.3) is 5.91 Å². The van der Waals surface area contributed by atoms with E-state index in [1.54, 1.807) is 40.9 Å². The zero-order valence-corrected chi connectivity index (χ0v) is 31.5. The van der Waals surface area contributed by atoms with Crippen molar-refractivity contribution in [1.29, 1.82) is 0 Å². The molecule has 2 N–H and O–H groups in total. The first-order valence-corrected chi connectivity index (χ1v) is 19.4. The summed E-state index contributed by atoms with van der Waals surface area (Å²) >= 11 is 0. The minimum atomic E-state index is -2.14. The lowest BCUT2D eigenvalue weighted by Crippen LogP contribution is -2.54. The van der Waals surface area contributed by atoms with E-state index in [9.17, 15) is 9.59 Å². The molecule has 1 aromatic heterocycles. The smallest absolute Gasteiger partial charge is 0.408 e. The molecular weight excluding hydrogens is 665 g/mol. The maximum Gasteiger partial charge on any atom is 0.408 e. The highest BCUT2D eigenvalue weighted by atomic mass is 31.2. The van der Waals surface area contributed by atoms with Gasteiger partial charge in [-0.2, -0.15) is 0 Å². The number of benzene rings is 3. The molecule has 1 aliphatic rings. The van der Waals surface area contributed by atoms with E-state index in [4.69, 9.17) is 28.3 Å². The molecule has 11 heteroatoms. The summed E-state index contributed by atoms with van der Waals surface area (Å²) < 4.78 is 29.0. The van der Waals surface area contributed by atoms with Crippen LogP contribution in [0.3, 0.4) is 0 Å². The van der Waals surface area contributed by atoms with Crippen molar-refractivity contribution in [2.75, 3.05) is 20.3 Å². The minimum absolute atomic E-state index is 0.0694. The highest BCUT2D eigenvalue weighted by Crippen LogP contribution is 2.58. The number of amides is 2. The molecule has 3 aromatic carbocycles.